The second-order valence-electron chi connectivity index (χ2n) is 7.01. The summed E-state index contributed by atoms with van der Waals surface area (Å²) in [5.41, 5.74) is 2.68. The highest BCUT2D eigenvalue weighted by Crippen LogP contribution is 2.28. The van der Waals surface area contributed by atoms with E-state index >= 15 is 0 Å². The fraction of sp³-hybridized carbons (Fsp3) is 0.217. The third-order valence-corrected chi connectivity index (χ3v) is 6.39. The highest BCUT2D eigenvalue weighted by atomic mass is 35.5. The molecule has 1 N–H and O–H groups in total. The number of rotatable bonds is 8. The Morgan fingerprint density at radius 2 is 2.03 bits per heavy atom. The number of aliphatic hydroxyl groups excluding tert-OH is 1. The number of thiophene rings is 1. The molecule has 0 radical (unpaired) electrons. The summed E-state index contributed by atoms with van der Waals surface area (Å²) in [6.07, 6.45) is 2.01. The monoisotopic (exact) mass is 440 g/mol. The third kappa shape index (κ3) is 4.12. The first kappa shape index (κ1) is 20.6. The van der Waals surface area contributed by atoms with E-state index in [1.54, 1.807) is 4.40 Å². The average molecular weight is 441 g/mol. The Hall–Kier alpha value is -2.67. The number of carbonyl (C=O) groups is 1. The van der Waals surface area contributed by atoms with Crippen molar-refractivity contribution in [3.05, 3.63) is 87.0 Å². The molecule has 0 saturated heterocycles. The van der Waals surface area contributed by atoms with Gasteiger partial charge in [-0.25, -0.2) is 4.98 Å². The molecule has 1 aromatic carbocycles. The average Bonchev–Trinajstić information content (AvgIpc) is 3.33. The molecule has 0 bridgehead atoms. The van der Waals surface area contributed by atoms with Crippen LogP contribution in [-0.2, 0) is 6.61 Å². The molecule has 0 amide bonds. The molecule has 0 saturated carbocycles. The predicted molar refractivity (Wildman–Crippen MR) is 119 cm³/mol. The van der Waals surface area contributed by atoms with Crippen molar-refractivity contribution < 1.29 is 14.6 Å². The predicted octanol–water partition coefficient (Wildman–Crippen LogP) is 5.29. The summed E-state index contributed by atoms with van der Waals surface area (Å²) in [5.74, 6) is 0.260. The summed E-state index contributed by atoms with van der Waals surface area (Å²) in [6.45, 7) is 2.06. The van der Waals surface area contributed by atoms with E-state index in [2.05, 4.69) is 4.98 Å². The van der Waals surface area contributed by atoms with Crippen LogP contribution in [0.4, 0.5) is 0 Å². The number of hydrogen-bond donors (Lipinski definition) is 1. The zero-order valence-corrected chi connectivity index (χ0v) is 18.0. The van der Waals surface area contributed by atoms with Crippen molar-refractivity contribution in [2.75, 3.05) is 6.61 Å². The van der Waals surface area contributed by atoms with Crippen LogP contribution in [-0.4, -0.2) is 26.9 Å². The smallest absolute Gasteiger partial charge is 0.182 e. The van der Waals surface area contributed by atoms with Gasteiger partial charge in [0.05, 0.1) is 22.2 Å². The molecule has 0 aliphatic rings. The first-order valence-electron chi connectivity index (χ1n) is 9.59. The largest absolute Gasteiger partial charge is 0.484 e. The van der Waals surface area contributed by atoms with Crippen molar-refractivity contribution in [1.29, 1.82) is 0 Å². The van der Waals surface area contributed by atoms with Gasteiger partial charge in [0.1, 0.15) is 12.3 Å². The molecular formula is C23H21ClN2O3S. The maximum Gasteiger partial charge on any atom is 0.182 e. The first-order valence-corrected chi connectivity index (χ1v) is 10.9. The van der Waals surface area contributed by atoms with Crippen LogP contribution < -0.4 is 4.74 Å². The lowest BCUT2D eigenvalue weighted by molar-refractivity contribution is 0.0953. The lowest BCUT2D eigenvalue weighted by atomic mass is 9.93. The van der Waals surface area contributed by atoms with E-state index in [1.807, 2.05) is 67.0 Å². The number of fused-ring (bicyclic) bond motifs is 1. The molecular weight excluding hydrogens is 420 g/mol. The van der Waals surface area contributed by atoms with Crippen LogP contribution in [0.5, 0.6) is 5.75 Å². The zero-order valence-electron chi connectivity index (χ0n) is 16.4. The van der Waals surface area contributed by atoms with E-state index in [9.17, 15) is 9.90 Å². The van der Waals surface area contributed by atoms with E-state index < -0.39 is 0 Å². The van der Waals surface area contributed by atoms with Gasteiger partial charge in [0, 0.05) is 18.5 Å². The Bertz CT molecular complexity index is 1170. The van der Waals surface area contributed by atoms with Crippen LogP contribution in [0.25, 0.3) is 5.65 Å². The summed E-state index contributed by atoms with van der Waals surface area (Å²) in [6, 6.07) is 15.1. The van der Waals surface area contributed by atoms with Crippen LogP contribution >= 0.6 is 22.9 Å². The molecule has 1 atom stereocenters. The number of ether oxygens (including phenoxy) is 1. The standard InChI is InChI=1S/C23H21ClN2O3S/c1-15-22(19(28)12-17(13-27)16-6-3-2-4-7-16)26-10-5-8-20(23(26)25-15)29-14-21-18(24)9-11-30-21/h2-11,17,27H,12-14H2,1H3/t17-/m0/s1. The van der Waals surface area contributed by atoms with Gasteiger partial charge in [0.25, 0.3) is 0 Å². The number of pyridine rings is 1. The molecule has 0 spiro atoms. The molecule has 4 rings (SSSR count). The Kier molecular flexibility index (Phi) is 6.18. The Balaban J connectivity index is 1.60. The van der Waals surface area contributed by atoms with Crippen molar-refractivity contribution in [1.82, 2.24) is 9.38 Å². The molecule has 5 nitrogen and oxygen atoms in total. The minimum atomic E-state index is -0.260. The van der Waals surface area contributed by atoms with Gasteiger partial charge in [0.15, 0.2) is 17.2 Å². The van der Waals surface area contributed by atoms with Crippen molar-refractivity contribution in [2.24, 2.45) is 0 Å². The number of halogens is 1. The van der Waals surface area contributed by atoms with Crippen molar-refractivity contribution in [3.63, 3.8) is 0 Å². The molecule has 7 heteroatoms. The summed E-state index contributed by atoms with van der Waals surface area (Å²) in [5, 5.41) is 12.4. The van der Waals surface area contributed by atoms with Crippen LogP contribution in [0, 0.1) is 6.92 Å². The Morgan fingerprint density at radius 1 is 1.23 bits per heavy atom. The zero-order chi connectivity index (χ0) is 21.1. The minimum absolute atomic E-state index is 0.0682. The summed E-state index contributed by atoms with van der Waals surface area (Å²) in [7, 11) is 0. The molecule has 0 fully saturated rings. The van der Waals surface area contributed by atoms with Crippen LogP contribution in [0.15, 0.2) is 60.1 Å². The maximum absolute atomic E-state index is 13.2. The number of aliphatic hydroxyl groups is 1. The fourth-order valence-electron chi connectivity index (χ4n) is 3.51. The number of ketones is 1. The van der Waals surface area contributed by atoms with E-state index in [0.29, 0.717) is 34.4 Å². The number of aryl methyl sites for hydroxylation is 1. The number of benzene rings is 1. The molecule has 0 aliphatic heterocycles. The van der Waals surface area contributed by atoms with Crippen molar-refractivity contribution in [2.45, 2.75) is 25.9 Å². The van der Waals surface area contributed by atoms with Crippen molar-refractivity contribution in [3.8, 4) is 5.75 Å². The van der Waals surface area contributed by atoms with E-state index in [-0.39, 0.29) is 24.7 Å². The number of nitrogens with zero attached hydrogens (tertiary/aromatic N) is 2. The van der Waals surface area contributed by atoms with E-state index in [1.165, 1.54) is 11.3 Å². The first-order chi connectivity index (χ1) is 14.6. The van der Waals surface area contributed by atoms with Crippen LogP contribution in [0.2, 0.25) is 5.02 Å². The maximum atomic E-state index is 13.2. The molecule has 0 aliphatic carbocycles. The molecule has 3 aromatic heterocycles. The number of carbonyl (C=O) groups excluding carboxylic acids is 1. The highest BCUT2D eigenvalue weighted by molar-refractivity contribution is 7.10. The quantitative estimate of drug-likeness (QED) is 0.378. The van der Waals surface area contributed by atoms with Gasteiger partial charge in [0.2, 0.25) is 0 Å². The van der Waals surface area contributed by atoms with Gasteiger partial charge in [-0.2, -0.15) is 0 Å². The van der Waals surface area contributed by atoms with E-state index in [0.717, 1.165) is 10.4 Å². The van der Waals surface area contributed by atoms with Gasteiger partial charge >= 0.3 is 0 Å². The summed E-state index contributed by atoms with van der Waals surface area (Å²) >= 11 is 7.69. The molecule has 3 heterocycles. The second kappa shape index (κ2) is 9.00. The SMILES string of the molecule is Cc1nc2c(OCc3sccc3Cl)cccn2c1C(=O)C[C@@H](CO)c1ccccc1. The second-order valence-corrected chi connectivity index (χ2v) is 8.42. The third-order valence-electron chi connectivity index (χ3n) is 5.03. The number of imidazole rings is 1. The lowest BCUT2D eigenvalue weighted by Gasteiger charge is -2.14. The lowest BCUT2D eigenvalue weighted by Crippen LogP contribution is -2.13. The van der Waals surface area contributed by atoms with Gasteiger partial charge in [-0.15, -0.1) is 11.3 Å². The summed E-state index contributed by atoms with van der Waals surface area (Å²) in [4.78, 5) is 18.7. The highest BCUT2D eigenvalue weighted by Gasteiger charge is 2.23. The van der Waals surface area contributed by atoms with Crippen LogP contribution in [0.3, 0.4) is 0 Å². The van der Waals surface area contributed by atoms with Gasteiger partial charge in [-0.1, -0.05) is 41.9 Å². The number of Topliss-reactive ketones (excluding diaryl/α,β-unsaturated/α-hetero) is 1. The van der Waals surface area contributed by atoms with Gasteiger partial charge in [-0.3, -0.25) is 9.20 Å². The normalized spacial score (nSPS) is 12.2. The summed E-state index contributed by atoms with van der Waals surface area (Å²) < 4.78 is 7.72. The fourth-order valence-corrected chi connectivity index (χ4v) is 4.51. The topological polar surface area (TPSA) is 63.8 Å². The number of aromatic nitrogens is 2. The molecule has 4 aromatic rings. The van der Waals surface area contributed by atoms with Crippen LogP contribution in [0.1, 0.15) is 39.0 Å². The molecule has 0 unspecified atom stereocenters. The van der Waals surface area contributed by atoms with Gasteiger partial charge in [-0.05, 0) is 36.1 Å². The van der Waals surface area contributed by atoms with Gasteiger partial charge < -0.3 is 9.84 Å². The number of hydrogen-bond acceptors (Lipinski definition) is 5. The van der Waals surface area contributed by atoms with E-state index in [4.69, 9.17) is 16.3 Å². The minimum Gasteiger partial charge on any atom is -0.484 e. The Morgan fingerprint density at radius 3 is 2.73 bits per heavy atom. The molecule has 154 valence electrons. The Labute approximate surface area is 183 Å². The molecule has 30 heavy (non-hydrogen) atoms. The van der Waals surface area contributed by atoms with Crippen molar-refractivity contribution >= 4 is 34.4 Å².